The number of aliphatic hydroxyl groups is 1. The van der Waals surface area contributed by atoms with Gasteiger partial charge in [-0.3, -0.25) is 4.79 Å². The first-order valence-corrected chi connectivity index (χ1v) is 6.02. The quantitative estimate of drug-likeness (QED) is 0.749. The lowest BCUT2D eigenvalue weighted by molar-refractivity contribution is -0.116. The molecule has 7 nitrogen and oxygen atoms in total. The maximum absolute atomic E-state index is 11.7. The Kier molecular flexibility index (Phi) is 4.57. The first-order chi connectivity index (χ1) is 9.31. The molecule has 100 valence electrons. The lowest BCUT2D eigenvalue weighted by atomic mass is 10.2. The molecular weight excluding hydrogens is 246 g/mol. The summed E-state index contributed by atoms with van der Waals surface area (Å²) in [5.74, 6) is 0.415. The summed E-state index contributed by atoms with van der Waals surface area (Å²) in [4.78, 5) is 19.8. The topological polar surface area (TPSA) is 92.9 Å². The highest BCUT2D eigenvalue weighted by Crippen LogP contribution is 2.16. The fourth-order valence-corrected chi connectivity index (χ4v) is 1.60. The molecule has 0 radical (unpaired) electrons. The van der Waals surface area contributed by atoms with Crippen molar-refractivity contribution in [2.45, 2.75) is 19.3 Å². The number of unbranched alkanes of at least 4 members (excludes halogenated alkanes) is 1. The van der Waals surface area contributed by atoms with Crippen LogP contribution in [0.15, 0.2) is 31.0 Å². The summed E-state index contributed by atoms with van der Waals surface area (Å²) < 4.78 is 1.49. The van der Waals surface area contributed by atoms with Gasteiger partial charge in [-0.2, -0.15) is 5.10 Å². The van der Waals surface area contributed by atoms with E-state index < -0.39 is 0 Å². The summed E-state index contributed by atoms with van der Waals surface area (Å²) in [7, 11) is 0. The third-order valence-electron chi connectivity index (χ3n) is 2.51. The molecule has 0 aliphatic rings. The second-order valence-corrected chi connectivity index (χ2v) is 3.94. The summed E-state index contributed by atoms with van der Waals surface area (Å²) in [6.07, 6.45) is 6.19. The lowest BCUT2D eigenvalue weighted by Crippen LogP contribution is -2.14. The van der Waals surface area contributed by atoms with Crippen LogP contribution in [-0.2, 0) is 4.79 Å². The molecule has 2 aromatic rings. The van der Waals surface area contributed by atoms with Crippen LogP contribution < -0.4 is 5.32 Å². The number of nitrogens with one attached hydrogen (secondary N) is 1. The van der Waals surface area contributed by atoms with Crippen LogP contribution in [0.1, 0.15) is 19.3 Å². The van der Waals surface area contributed by atoms with Gasteiger partial charge in [0, 0.05) is 19.2 Å². The van der Waals surface area contributed by atoms with Gasteiger partial charge in [-0.15, -0.1) is 0 Å². The SMILES string of the molecule is O=C(CCCCO)Nc1cccnc1-n1cncn1. The lowest BCUT2D eigenvalue weighted by Gasteiger charge is -2.09. The van der Waals surface area contributed by atoms with Crippen molar-refractivity contribution in [1.82, 2.24) is 19.7 Å². The van der Waals surface area contributed by atoms with Gasteiger partial charge < -0.3 is 10.4 Å². The standard InChI is InChI=1S/C12H15N5O2/c18-7-2-1-5-11(19)16-10-4-3-6-14-12(10)17-9-13-8-15-17/h3-4,6,8-9,18H,1-2,5,7H2,(H,16,19). The molecular formula is C12H15N5O2. The van der Waals surface area contributed by atoms with Crippen molar-refractivity contribution in [3.63, 3.8) is 0 Å². The molecule has 2 rings (SSSR count). The number of anilines is 1. The summed E-state index contributed by atoms with van der Waals surface area (Å²) in [5, 5.41) is 15.5. The number of carbonyl (C=O) groups is 1. The monoisotopic (exact) mass is 261 g/mol. The van der Waals surface area contributed by atoms with E-state index in [2.05, 4.69) is 20.4 Å². The van der Waals surface area contributed by atoms with Gasteiger partial charge in [0.2, 0.25) is 5.91 Å². The predicted molar refractivity (Wildman–Crippen MR) is 68.7 cm³/mol. The van der Waals surface area contributed by atoms with Crippen molar-refractivity contribution in [3.8, 4) is 5.82 Å². The van der Waals surface area contributed by atoms with Crippen molar-refractivity contribution >= 4 is 11.6 Å². The van der Waals surface area contributed by atoms with E-state index in [1.54, 1.807) is 18.3 Å². The maximum atomic E-state index is 11.7. The molecule has 0 fully saturated rings. The van der Waals surface area contributed by atoms with Gasteiger partial charge in [0.25, 0.3) is 0 Å². The normalized spacial score (nSPS) is 10.4. The minimum atomic E-state index is -0.109. The molecule has 2 N–H and O–H groups in total. The van der Waals surface area contributed by atoms with Crippen molar-refractivity contribution in [2.75, 3.05) is 11.9 Å². The fourth-order valence-electron chi connectivity index (χ4n) is 1.60. The number of pyridine rings is 1. The highest BCUT2D eigenvalue weighted by Gasteiger charge is 2.09. The van der Waals surface area contributed by atoms with E-state index >= 15 is 0 Å². The molecule has 0 saturated carbocycles. The van der Waals surface area contributed by atoms with Crippen LogP contribution in [0.3, 0.4) is 0 Å². The fraction of sp³-hybridized carbons (Fsp3) is 0.333. The van der Waals surface area contributed by atoms with Gasteiger partial charge in [0.05, 0.1) is 5.69 Å². The highest BCUT2D eigenvalue weighted by atomic mass is 16.3. The minimum absolute atomic E-state index is 0.102. The van der Waals surface area contributed by atoms with Crippen LogP contribution in [0, 0.1) is 0 Å². The average Bonchev–Trinajstić information content (AvgIpc) is 2.93. The minimum Gasteiger partial charge on any atom is -0.396 e. The van der Waals surface area contributed by atoms with Crippen LogP contribution in [0.2, 0.25) is 0 Å². The zero-order chi connectivity index (χ0) is 13.5. The number of aromatic nitrogens is 4. The molecule has 0 atom stereocenters. The molecule has 2 heterocycles. The molecule has 0 aromatic carbocycles. The number of hydrogen-bond donors (Lipinski definition) is 2. The Hall–Kier alpha value is -2.28. The molecule has 19 heavy (non-hydrogen) atoms. The van der Waals surface area contributed by atoms with Crippen LogP contribution >= 0.6 is 0 Å². The van der Waals surface area contributed by atoms with Crippen molar-refractivity contribution in [3.05, 3.63) is 31.0 Å². The Morgan fingerprint density at radius 3 is 3.05 bits per heavy atom. The van der Waals surface area contributed by atoms with E-state index in [1.807, 2.05) is 0 Å². The van der Waals surface area contributed by atoms with Gasteiger partial charge in [0.1, 0.15) is 12.7 Å². The molecule has 1 amide bonds. The number of amides is 1. The number of carbonyl (C=O) groups excluding carboxylic acids is 1. The molecule has 2 aromatic heterocycles. The first-order valence-electron chi connectivity index (χ1n) is 6.02. The summed E-state index contributed by atoms with van der Waals surface area (Å²) in [6, 6.07) is 3.50. The largest absolute Gasteiger partial charge is 0.396 e. The van der Waals surface area contributed by atoms with Crippen LogP contribution in [0.25, 0.3) is 5.82 Å². The molecule has 0 bridgehead atoms. The highest BCUT2D eigenvalue weighted by molar-refractivity contribution is 5.92. The molecule has 0 saturated heterocycles. The van der Waals surface area contributed by atoms with Crippen LogP contribution in [-0.4, -0.2) is 37.4 Å². The van der Waals surface area contributed by atoms with Crippen molar-refractivity contribution < 1.29 is 9.90 Å². The van der Waals surface area contributed by atoms with E-state index in [9.17, 15) is 4.79 Å². The third kappa shape index (κ3) is 3.59. The van der Waals surface area contributed by atoms with Gasteiger partial charge in [-0.1, -0.05) is 0 Å². The van der Waals surface area contributed by atoms with Crippen molar-refractivity contribution in [1.29, 1.82) is 0 Å². The van der Waals surface area contributed by atoms with Gasteiger partial charge in [0.15, 0.2) is 5.82 Å². The van der Waals surface area contributed by atoms with Crippen LogP contribution in [0.5, 0.6) is 0 Å². The van der Waals surface area contributed by atoms with E-state index in [4.69, 9.17) is 5.11 Å². The number of hydrogen-bond acceptors (Lipinski definition) is 5. The van der Waals surface area contributed by atoms with E-state index in [1.165, 1.54) is 17.3 Å². The number of rotatable bonds is 6. The Morgan fingerprint density at radius 1 is 1.42 bits per heavy atom. The number of aliphatic hydroxyl groups excluding tert-OH is 1. The summed E-state index contributed by atoms with van der Waals surface area (Å²) in [6.45, 7) is 0.102. The predicted octanol–water partition coefficient (Wildman–Crippen LogP) is 0.763. The Morgan fingerprint density at radius 2 is 2.32 bits per heavy atom. The van der Waals surface area contributed by atoms with Crippen molar-refractivity contribution in [2.24, 2.45) is 0 Å². The van der Waals surface area contributed by atoms with E-state index in [0.717, 1.165) is 0 Å². The second kappa shape index (κ2) is 6.60. The zero-order valence-corrected chi connectivity index (χ0v) is 10.4. The van der Waals surface area contributed by atoms with Gasteiger partial charge in [-0.05, 0) is 25.0 Å². The summed E-state index contributed by atoms with van der Waals surface area (Å²) in [5.41, 5.74) is 0.585. The molecule has 0 spiro atoms. The van der Waals surface area contributed by atoms with Gasteiger partial charge in [-0.25, -0.2) is 14.6 Å². The molecule has 0 aliphatic heterocycles. The van der Waals surface area contributed by atoms with Crippen LogP contribution in [0.4, 0.5) is 5.69 Å². The zero-order valence-electron chi connectivity index (χ0n) is 10.4. The Bertz CT molecular complexity index is 527. The third-order valence-corrected chi connectivity index (χ3v) is 2.51. The first kappa shape index (κ1) is 13.2. The molecule has 7 heteroatoms. The van der Waals surface area contributed by atoms with E-state index in [0.29, 0.717) is 30.8 Å². The van der Waals surface area contributed by atoms with E-state index in [-0.39, 0.29) is 12.5 Å². The number of nitrogens with zero attached hydrogens (tertiary/aromatic N) is 4. The molecule has 0 aliphatic carbocycles. The summed E-state index contributed by atoms with van der Waals surface area (Å²) >= 11 is 0. The maximum Gasteiger partial charge on any atom is 0.224 e. The Labute approximate surface area is 110 Å². The average molecular weight is 261 g/mol. The Balaban J connectivity index is 2.06. The molecule has 0 unspecified atom stereocenters. The second-order valence-electron chi connectivity index (χ2n) is 3.94. The van der Waals surface area contributed by atoms with Gasteiger partial charge >= 0.3 is 0 Å². The smallest absolute Gasteiger partial charge is 0.224 e.